The molecule has 0 radical (unpaired) electrons. The summed E-state index contributed by atoms with van der Waals surface area (Å²) >= 11 is 0. The summed E-state index contributed by atoms with van der Waals surface area (Å²) in [6.07, 6.45) is 3.18. The van der Waals surface area contributed by atoms with E-state index in [1.807, 2.05) is 15.7 Å². The van der Waals surface area contributed by atoms with Gasteiger partial charge in [-0.05, 0) is 19.0 Å². The molecule has 0 aliphatic carbocycles. The van der Waals surface area contributed by atoms with Crippen LogP contribution in [-0.4, -0.2) is 46.2 Å². The molecule has 1 aliphatic heterocycles. The number of aromatic amines is 2. The van der Waals surface area contributed by atoms with Crippen molar-refractivity contribution in [1.29, 1.82) is 0 Å². The fourth-order valence-corrected chi connectivity index (χ4v) is 3.89. The van der Waals surface area contributed by atoms with E-state index in [9.17, 15) is 18.0 Å². The van der Waals surface area contributed by atoms with Crippen molar-refractivity contribution in [1.82, 2.24) is 29.4 Å². The minimum atomic E-state index is -4.05. The van der Waals surface area contributed by atoms with Crippen LogP contribution in [0.5, 0.6) is 0 Å². The van der Waals surface area contributed by atoms with E-state index in [1.165, 1.54) is 0 Å². The molecule has 0 amide bonds. The van der Waals surface area contributed by atoms with Gasteiger partial charge in [0, 0.05) is 19.3 Å². The molecule has 2 aromatic rings. The standard InChI is InChI=1S/C15H22N6O4S/c1-2-3-4-20-5-6-21-12(10-20)7-11(19-21)8-17-26(24,25)13-9-16-15(23)18-14(13)22/h7,9,17H,2-6,8,10H2,1H3,(H2,16,18,22,23). The highest BCUT2D eigenvalue weighted by Crippen LogP contribution is 2.14. The van der Waals surface area contributed by atoms with Crippen LogP contribution in [0.15, 0.2) is 26.7 Å². The van der Waals surface area contributed by atoms with Crippen LogP contribution in [0.2, 0.25) is 0 Å². The molecule has 0 saturated carbocycles. The van der Waals surface area contributed by atoms with Crippen LogP contribution in [0.25, 0.3) is 0 Å². The summed E-state index contributed by atoms with van der Waals surface area (Å²) in [6, 6.07) is 1.87. The molecule has 26 heavy (non-hydrogen) atoms. The summed E-state index contributed by atoms with van der Waals surface area (Å²) in [5.74, 6) is 0. The zero-order chi connectivity index (χ0) is 18.7. The normalized spacial score (nSPS) is 15.1. The topological polar surface area (TPSA) is 133 Å². The predicted molar refractivity (Wildman–Crippen MR) is 94.1 cm³/mol. The van der Waals surface area contributed by atoms with Gasteiger partial charge in [0.15, 0.2) is 4.90 Å². The first-order chi connectivity index (χ1) is 12.4. The van der Waals surface area contributed by atoms with Gasteiger partial charge < -0.3 is 4.98 Å². The summed E-state index contributed by atoms with van der Waals surface area (Å²) < 4.78 is 28.7. The molecular formula is C15H22N6O4S. The quantitative estimate of drug-likeness (QED) is 0.583. The summed E-state index contributed by atoms with van der Waals surface area (Å²) in [4.78, 5) is 28.5. The second-order valence-corrected chi connectivity index (χ2v) is 7.98. The summed E-state index contributed by atoms with van der Waals surface area (Å²) in [7, 11) is -4.05. The molecule has 0 aromatic carbocycles. The molecule has 2 aromatic heterocycles. The zero-order valence-electron chi connectivity index (χ0n) is 14.5. The number of hydrogen-bond donors (Lipinski definition) is 3. The number of hydrogen-bond acceptors (Lipinski definition) is 6. The van der Waals surface area contributed by atoms with Gasteiger partial charge in [-0.3, -0.25) is 19.4 Å². The van der Waals surface area contributed by atoms with E-state index in [1.54, 1.807) is 0 Å². The third-order valence-electron chi connectivity index (χ3n) is 4.27. The van der Waals surface area contributed by atoms with Crippen LogP contribution < -0.4 is 16.0 Å². The molecule has 142 valence electrons. The van der Waals surface area contributed by atoms with Crippen molar-refractivity contribution in [2.24, 2.45) is 0 Å². The average molecular weight is 382 g/mol. The number of nitrogens with zero attached hydrogens (tertiary/aromatic N) is 3. The van der Waals surface area contributed by atoms with Gasteiger partial charge in [0.1, 0.15) is 0 Å². The summed E-state index contributed by atoms with van der Waals surface area (Å²) in [6.45, 7) is 5.65. The zero-order valence-corrected chi connectivity index (χ0v) is 15.3. The van der Waals surface area contributed by atoms with E-state index in [4.69, 9.17) is 0 Å². The SMILES string of the molecule is CCCCN1CCn2nc(CNS(=O)(=O)c3c[nH]c(=O)[nH]c3=O)cc2C1. The van der Waals surface area contributed by atoms with Gasteiger partial charge in [-0.1, -0.05) is 13.3 Å². The molecule has 3 rings (SSSR count). The Morgan fingerprint density at radius 1 is 1.31 bits per heavy atom. The third kappa shape index (κ3) is 4.11. The van der Waals surface area contributed by atoms with Gasteiger partial charge in [-0.2, -0.15) is 5.10 Å². The van der Waals surface area contributed by atoms with E-state index in [0.717, 1.165) is 50.9 Å². The fraction of sp³-hybridized carbons (Fsp3) is 0.533. The minimum absolute atomic E-state index is 0.0319. The van der Waals surface area contributed by atoms with E-state index >= 15 is 0 Å². The predicted octanol–water partition coefficient (Wildman–Crippen LogP) is -0.646. The molecule has 3 heterocycles. The number of sulfonamides is 1. The molecule has 0 bridgehead atoms. The van der Waals surface area contributed by atoms with E-state index in [0.29, 0.717) is 5.69 Å². The van der Waals surface area contributed by atoms with Gasteiger partial charge in [-0.25, -0.2) is 17.9 Å². The largest absolute Gasteiger partial charge is 0.325 e. The van der Waals surface area contributed by atoms with Crippen molar-refractivity contribution < 1.29 is 8.42 Å². The van der Waals surface area contributed by atoms with Crippen molar-refractivity contribution in [2.45, 2.75) is 44.3 Å². The molecular weight excluding hydrogens is 360 g/mol. The molecule has 11 heteroatoms. The second kappa shape index (κ2) is 7.56. The van der Waals surface area contributed by atoms with Crippen LogP contribution in [0.4, 0.5) is 0 Å². The molecule has 0 fully saturated rings. The van der Waals surface area contributed by atoms with Crippen molar-refractivity contribution in [3.05, 3.63) is 44.5 Å². The fourth-order valence-electron chi connectivity index (χ4n) is 2.88. The van der Waals surface area contributed by atoms with Gasteiger partial charge in [0.05, 0.1) is 24.5 Å². The molecule has 0 spiro atoms. The average Bonchev–Trinajstić information content (AvgIpc) is 3.00. The molecule has 10 nitrogen and oxygen atoms in total. The Balaban J connectivity index is 1.68. The van der Waals surface area contributed by atoms with Crippen LogP contribution in [0.3, 0.4) is 0 Å². The summed E-state index contributed by atoms with van der Waals surface area (Å²) in [5.41, 5.74) is -0.0921. The van der Waals surface area contributed by atoms with Gasteiger partial charge >= 0.3 is 5.69 Å². The van der Waals surface area contributed by atoms with Crippen molar-refractivity contribution in [2.75, 3.05) is 13.1 Å². The Morgan fingerprint density at radius 2 is 2.12 bits per heavy atom. The van der Waals surface area contributed by atoms with Crippen LogP contribution in [0, 0.1) is 0 Å². The van der Waals surface area contributed by atoms with Gasteiger partial charge in [0.2, 0.25) is 10.0 Å². The maximum absolute atomic E-state index is 12.3. The molecule has 1 aliphatic rings. The lowest BCUT2D eigenvalue weighted by Gasteiger charge is -2.27. The Hall–Kier alpha value is -2.24. The lowest BCUT2D eigenvalue weighted by atomic mass is 10.2. The first-order valence-corrected chi connectivity index (χ1v) is 9.97. The minimum Gasteiger partial charge on any atom is -0.313 e. The van der Waals surface area contributed by atoms with Crippen LogP contribution >= 0.6 is 0 Å². The highest BCUT2D eigenvalue weighted by Gasteiger charge is 2.21. The number of H-pyrrole nitrogens is 2. The maximum atomic E-state index is 12.3. The lowest BCUT2D eigenvalue weighted by molar-refractivity contribution is 0.210. The van der Waals surface area contributed by atoms with E-state index in [-0.39, 0.29) is 6.54 Å². The Labute approximate surface area is 150 Å². The smallest absolute Gasteiger partial charge is 0.313 e. The Bertz CT molecular complexity index is 990. The highest BCUT2D eigenvalue weighted by atomic mass is 32.2. The number of aromatic nitrogens is 4. The lowest BCUT2D eigenvalue weighted by Crippen LogP contribution is -2.34. The molecule has 0 unspecified atom stereocenters. The maximum Gasteiger partial charge on any atom is 0.325 e. The summed E-state index contributed by atoms with van der Waals surface area (Å²) in [5, 5.41) is 4.42. The first kappa shape index (κ1) is 18.5. The van der Waals surface area contributed by atoms with Gasteiger partial charge in [0.25, 0.3) is 5.56 Å². The van der Waals surface area contributed by atoms with E-state index in [2.05, 4.69) is 26.6 Å². The van der Waals surface area contributed by atoms with Crippen molar-refractivity contribution in [3.63, 3.8) is 0 Å². The molecule has 3 N–H and O–H groups in total. The number of unbranched alkanes of at least 4 members (excludes halogenated alkanes) is 1. The monoisotopic (exact) mass is 382 g/mol. The molecule has 0 saturated heterocycles. The first-order valence-electron chi connectivity index (χ1n) is 8.48. The Morgan fingerprint density at radius 3 is 2.85 bits per heavy atom. The highest BCUT2D eigenvalue weighted by molar-refractivity contribution is 7.89. The number of rotatable bonds is 7. The van der Waals surface area contributed by atoms with Crippen molar-refractivity contribution in [3.8, 4) is 0 Å². The van der Waals surface area contributed by atoms with Crippen LogP contribution in [0.1, 0.15) is 31.2 Å². The van der Waals surface area contributed by atoms with Crippen LogP contribution in [-0.2, 0) is 29.7 Å². The third-order valence-corrected chi connectivity index (χ3v) is 5.68. The number of nitrogens with one attached hydrogen (secondary N) is 3. The second-order valence-electron chi connectivity index (χ2n) is 6.24. The number of fused-ring (bicyclic) bond motifs is 1. The van der Waals surface area contributed by atoms with Gasteiger partial charge in [-0.15, -0.1) is 0 Å². The van der Waals surface area contributed by atoms with Crippen molar-refractivity contribution >= 4 is 10.0 Å². The Kier molecular flexibility index (Phi) is 5.39. The molecule has 0 atom stereocenters. The van der Waals surface area contributed by atoms with E-state index < -0.39 is 26.2 Å².